The van der Waals surface area contributed by atoms with Crippen LogP contribution < -0.4 is 0 Å². The van der Waals surface area contributed by atoms with Crippen LogP contribution >= 0.6 is 0 Å². The highest BCUT2D eigenvalue weighted by Crippen LogP contribution is 2.21. The number of nitrogens with zero attached hydrogens (tertiary/aromatic N) is 3. The lowest BCUT2D eigenvalue weighted by Gasteiger charge is -2.19. The zero-order valence-electron chi connectivity index (χ0n) is 12.3. The Balaban J connectivity index is 2.26. The molecule has 0 unspecified atom stereocenters. The van der Waals surface area contributed by atoms with Crippen molar-refractivity contribution in [2.75, 3.05) is 0 Å². The van der Waals surface area contributed by atoms with Crippen molar-refractivity contribution in [1.29, 1.82) is 0 Å². The van der Waals surface area contributed by atoms with E-state index in [2.05, 4.69) is 10.1 Å². The molecule has 0 N–H and O–H groups in total. The molecule has 0 aliphatic heterocycles. The second kappa shape index (κ2) is 5.45. The molecule has 0 aliphatic rings. The zero-order chi connectivity index (χ0) is 14.8. The number of carbonyl (C=O) groups excluding carboxylic acids is 1. The Kier molecular flexibility index (Phi) is 3.88. The van der Waals surface area contributed by atoms with Crippen LogP contribution in [-0.2, 0) is 23.0 Å². The molecule has 2 rings (SSSR count). The lowest BCUT2D eigenvalue weighted by Crippen LogP contribution is -2.25. The fraction of sp³-hybridized carbons (Fsp3) is 0.400. The van der Waals surface area contributed by atoms with Gasteiger partial charge in [0.05, 0.1) is 17.8 Å². The van der Waals surface area contributed by atoms with Crippen molar-refractivity contribution in [2.45, 2.75) is 32.8 Å². The highest BCUT2D eigenvalue weighted by molar-refractivity contribution is 5.76. The van der Waals surface area contributed by atoms with Gasteiger partial charge in [0.1, 0.15) is 5.60 Å². The van der Waals surface area contributed by atoms with E-state index in [1.807, 2.05) is 46.0 Å². The van der Waals surface area contributed by atoms with Gasteiger partial charge in [-0.2, -0.15) is 5.10 Å². The summed E-state index contributed by atoms with van der Waals surface area (Å²) in [5.74, 6) is -0.256. The second-order valence-corrected chi connectivity index (χ2v) is 5.61. The van der Waals surface area contributed by atoms with E-state index in [4.69, 9.17) is 4.74 Å². The Bertz CT molecular complexity index is 612. The topological polar surface area (TPSA) is 57.0 Å². The number of rotatable bonds is 3. The predicted molar refractivity (Wildman–Crippen MR) is 76.0 cm³/mol. The molecule has 0 fully saturated rings. The van der Waals surface area contributed by atoms with Crippen molar-refractivity contribution in [1.82, 2.24) is 14.8 Å². The zero-order valence-corrected chi connectivity index (χ0v) is 12.3. The third kappa shape index (κ3) is 3.44. The summed E-state index contributed by atoms with van der Waals surface area (Å²) in [5.41, 5.74) is 2.00. The minimum absolute atomic E-state index is 0.200. The molecule has 0 radical (unpaired) electrons. The van der Waals surface area contributed by atoms with Gasteiger partial charge in [0.15, 0.2) is 0 Å². The molecule has 20 heavy (non-hydrogen) atoms. The van der Waals surface area contributed by atoms with Crippen molar-refractivity contribution >= 4 is 5.97 Å². The van der Waals surface area contributed by atoms with Crippen molar-refractivity contribution < 1.29 is 9.53 Å². The number of hydrogen-bond acceptors (Lipinski definition) is 4. The van der Waals surface area contributed by atoms with Crippen molar-refractivity contribution in [3.63, 3.8) is 0 Å². The van der Waals surface area contributed by atoms with Gasteiger partial charge in [0, 0.05) is 19.4 Å². The maximum atomic E-state index is 12.0. The van der Waals surface area contributed by atoms with Crippen LogP contribution in [0.25, 0.3) is 11.4 Å². The van der Waals surface area contributed by atoms with E-state index in [1.54, 1.807) is 17.1 Å². The summed E-state index contributed by atoms with van der Waals surface area (Å²) < 4.78 is 7.09. The van der Waals surface area contributed by atoms with E-state index in [0.717, 1.165) is 17.0 Å². The quantitative estimate of drug-likeness (QED) is 0.806. The maximum Gasteiger partial charge on any atom is 0.310 e. The van der Waals surface area contributed by atoms with Crippen LogP contribution in [0.2, 0.25) is 0 Å². The molecule has 0 bridgehead atoms. The molecule has 0 spiro atoms. The summed E-state index contributed by atoms with van der Waals surface area (Å²) in [6, 6.07) is 5.58. The standard InChI is InChI=1S/C15H19N3O2/c1-15(2,3)20-13(19)10-11-6-5-8-16-14(11)12-7-9-17-18(12)4/h5-9H,10H2,1-4H3. The monoisotopic (exact) mass is 273 g/mol. The summed E-state index contributed by atoms with van der Waals surface area (Å²) in [5, 5.41) is 4.13. The third-order valence-electron chi connectivity index (χ3n) is 2.71. The molecule has 5 nitrogen and oxygen atoms in total. The number of ether oxygens (including phenoxy) is 1. The van der Waals surface area contributed by atoms with Gasteiger partial charge in [-0.05, 0) is 38.5 Å². The molecule has 2 heterocycles. The molecule has 0 atom stereocenters. The SMILES string of the molecule is Cn1nccc1-c1ncccc1CC(=O)OC(C)(C)C. The number of aromatic nitrogens is 3. The first-order valence-corrected chi connectivity index (χ1v) is 6.51. The molecular weight excluding hydrogens is 254 g/mol. The van der Waals surface area contributed by atoms with Gasteiger partial charge in [0.25, 0.3) is 0 Å². The Hall–Kier alpha value is -2.17. The fourth-order valence-electron chi connectivity index (χ4n) is 1.95. The van der Waals surface area contributed by atoms with Gasteiger partial charge in [-0.15, -0.1) is 0 Å². The number of aryl methyl sites for hydroxylation is 1. The molecule has 2 aromatic rings. The normalized spacial score (nSPS) is 11.4. The minimum atomic E-state index is -0.480. The molecule has 2 aromatic heterocycles. The third-order valence-corrected chi connectivity index (χ3v) is 2.71. The average molecular weight is 273 g/mol. The van der Waals surface area contributed by atoms with E-state index in [-0.39, 0.29) is 12.4 Å². The molecule has 106 valence electrons. The van der Waals surface area contributed by atoms with Crippen LogP contribution in [0.4, 0.5) is 0 Å². The Morgan fingerprint density at radius 3 is 2.65 bits per heavy atom. The van der Waals surface area contributed by atoms with Crippen molar-refractivity contribution in [3.05, 3.63) is 36.2 Å². The van der Waals surface area contributed by atoms with E-state index in [1.165, 1.54) is 0 Å². The van der Waals surface area contributed by atoms with Gasteiger partial charge in [-0.3, -0.25) is 14.5 Å². The average Bonchev–Trinajstić information content (AvgIpc) is 2.73. The van der Waals surface area contributed by atoms with Gasteiger partial charge >= 0.3 is 5.97 Å². The minimum Gasteiger partial charge on any atom is -0.460 e. The van der Waals surface area contributed by atoms with Gasteiger partial charge in [-0.25, -0.2) is 0 Å². The number of pyridine rings is 1. The van der Waals surface area contributed by atoms with Crippen LogP contribution in [-0.4, -0.2) is 26.3 Å². The second-order valence-electron chi connectivity index (χ2n) is 5.61. The first-order valence-electron chi connectivity index (χ1n) is 6.51. The van der Waals surface area contributed by atoms with Crippen molar-refractivity contribution in [2.24, 2.45) is 7.05 Å². The molecule has 0 saturated heterocycles. The highest BCUT2D eigenvalue weighted by atomic mass is 16.6. The lowest BCUT2D eigenvalue weighted by molar-refractivity contribution is -0.153. The largest absolute Gasteiger partial charge is 0.460 e. The molecule has 0 aliphatic carbocycles. The molecular formula is C15H19N3O2. The first kappa shape index (κ1) is 14.2. The van der Waals surface area contributed by atoms with E-state index < -0.39 is 5.60 Å². The van der Waals surface area contributed by atoms with E-state index in [0.29, 0.717) is 0 Å². The first-order chi connectivity index (χ1) is 9.37. The van der Waals surface area contributed by atoms with Gasteiger partial charge < -0.3 is 4.74 Å². The Morgan fingerprint density at radius 1 is 1.30 bits per heavy atom. The molecule has 0 saturated carbocycles. The van der Waals surface area contributed by atoms with Crippen molar-refractivity contribution in [3.8, 4) is 11.4 Å². The number of carbonyl (C=O) groups is 1. The Labute approximate surface area is 118 Å². The summed E-state index contributed by atoms with van der Waals surface area (Å²) in [6.45, 7) is 5.57. The van der Waals surface area contributed by atoms with Crippen LogP contribution in [0.3, 0.4) is 0 Å². The molecule has 0 amide bonds. The van der Waals surface area contributed by atoms with Crippen LogP contribution in [0.15, 0.2) is 30.6 Å². The van der Waals surface area contributed by atoms with Gasteiger partial charge in [-0.1, -0.05) is 6.07 Å². The van der Waals surface area contributed by atoms with Crippen LogP contribution in [0.1, 0.15) is 26.3 Å². The summed E-state index contributed by atoms with van der Waals surface area (Å²) in [6.07, 6.45) is 3.62. The smallest absolute Gasteiger partial charge is 0.310 e. The summed E-state index contributed by atoms with van der Waals surface area (Å²) in [7, 11) is 1.85. The Morgan fingerprint density at radius 2 is 2.05 bits per heavy atom. The fourth-order valence-corrected chi connectivity index (χ4v) is 1.95. The summed E-state index contributed by atoms with van der Waals surface area (Å²) >= 11 is 0. The predicted octanol–water partition coefficient (Wildman–Crippen LogP) is 2.37. The number of hydrogen-bond donors (Lipinski definition) is 0. The highest BCUT2D eigenvalue weighted by Gasteiger charge is 2.19. The van der Waals surface area contributed by atoms with Crippen LogP contribution in [0, 0.1) is 0 Å². The number of esters is 1. The summed E-state index contributed by atoms with van der Waals surface area (Å²) in [4.78, 5) is 16.3. The van der Waals surface area contributed by atoms with Gasteiger partial charge in [0.2, 0.25) is 0 Å². The molecule has 0 aromatic carbocycles. The van der Waals surface area contributed by atoms with E-state index in [9.17, 15) is 4.79 Å². The van der Waals surface area contributed by atoms with Crippen LogP contribution in [0.5, 0.6) is 0 Å². The molecule has 5 heteroatoms. The lowest BCUT2D eigenvalue weighted by atomic mass is 10.1. The maximum absolute atomic E-state index is 12.0. The van der Waals surface area contributed by atoms with E-state index >= 15 is 0 Å².